The second-order valence-corrected chi connectivity index (χ2v) is 5.42. The summed E-state index contributed by atoms with van der Waals surface area (Å²) in [6.45, 7) is 0.606. The lowest BCUT2D eigenvalue weighted by atomic mass is 9.82. The Kier molecular flexibility index (Phi) is 3.64. The molecule has 6 heteroatoms. The zero-order valence-corrected chi connectivity index (χ0v) is 11.5. The van der Waals surface area contributed by atoms with E-state index in [4.69, 9.17) is 5.73 Å². The highest BCUT2D eigenvalue weighted by Crippen LogP contribution is 2.30. The maximum atomic E-state index is 6.00. The number of nitrogens with one attached hydrogen (secondary N) is 1. The zero-order valence-electron chi connectivity index (χ0n) is 11.5. The molecule has 0 amide bonds. The lowest BCUT2D eigenvalue weighted by molar-refractivity contribution is 0.328. The zero-order chi connectivity index (χ0) is 13.8. The molecule has 6 nitrogen and oxygen atoms in total. The van der Waals surface area contributed by atoms with Crippen molar-refractivity contribution in [2.24, 2.45) is 5.73 Å². The third kappa shape index (κ3) is 2.51. The standard InChI is InChI=1S/C14H20N6/c15-11-14(9-5-2-6-10-14)16-13-17-18-19-20(13)12-7-3-1-4-8-12/h1,3-4,7-8H,2,5-6,9-11,15H2,(H,16,17,19). The molecule has 20 heavy (non-hydrogen) atoms. The summed E-state index contributed by atoms with van der Waals surface area (Å²) in [5, 5.41) is 15.5. The number of nitrogens with zero attached hydrogens (tertiary/aromatic N) is 4. The number of nitrogens with two attached hydrogens (primary N) is 1. The summed E-state index contributed by atoms with van der Waals surface area (Å²) >= 11 is 0. The fourth-order valence-corrected chi connectivity index (χ4v) is 2.85. The van der Waals surface area contributed by atoms with Crippen LogP contribution >= 0.6 is 0 Å². The van der Waals surface area contributed by atoms with Crippen molar-refractivity contribution in [2.45, 2.75) is 37.6 Å². The van der Waals surface area contributed by atoms with Gasteiger partial charge in [0.2, 0.25) is 5.95 Å². The molecule has 1 fully saturated rings. The topological polar surface area (TPSA) is 81.7 Å². The maximum absolute atomic E-state index is 6.00. The molecule has 106 valence electrons. The van der Waals surface area contributed by atoms with Crippen molar-refractivity contribution in [3.05, 3.63) is 30.3 Å². The largest absolute Gasteiger partial charge is 0.346 e. The van der Waals surface area contributed by atoms with Crippen LogP contribution in [0.25, 0.3) is 5.69 Å². The molecule has 1 aromatic heterocycles. The summed E-state index contributed by atoms with van der Waals surface area (Å²) in [6.07, 6.45) is 5.84. The molecule has 1 aliphatic carbocycles. The minimum Gasteiger partial charge on any atom is -0.346 e. The first kappa shape index (κ1) is 13.1. The normalized spacial score (nSPS) is 17.9. The minimum absolute atomic E-state index is 0.0699. The fraction of sp³-hybridized carbons (Fsp3) is 0.500. The van der Waals surface area contributed by atoms with Crippen LogP contribution < -0.4 is 11.1 Å². The van der Waals surface area contributed by atoms with E-state index in [1.165, 1.54) is 19.3 Å². The highest BCUT2D eigenvalue weighted by Gasteiger charge is 2.32. The van der Waals surface area contributed by atoms with Crippen molar-refractivity contribution in [1.82, 2.24) is 20.2 Å². The molecule has 1 saturated carbocycles. The monoisotopic (exact) mass is 272 g/mol. The van der Waals surface area contributed by atoms with Crippen LogP contribution in [0.1, 0.15) is 32.1 Å². The molecule has 1 aromatic carbocycles. The van der Waals surface area contributed by atoms with E-state index in [1.807, 2.05) is 30.3 Å². The number of hydrogen-bond donors (Lipinski definition) is 2. The van der Waals surface area contributed by atoms with Crippen LogP contribution in [-0.2, 0) is 0 Å². The smallest absolute Gasteiger partial charge is 0.248 e. The average Bonchev–Trinajstić information content (AvgIpc) is 2.97. The van der Waals surface area contributed by atoms with Crippen molar-refractivity contribution < 1.29 is 0 Å². The van der Waals surface area contributed by atoms with Crippen LogP contribution in [0.15, 0.2) is 30.3 Å². The van der Waals surface area contributed by atoms with Gasteiger partial charge in [0, 0.05) is 6.54 Å². The highest BCUT2D eigenvalue weighted by atomic mass is 15.6. The van der Waals surface area contributed by atoms with Crippen LogP contribution in [0.5, 0.6) is 0 Å². The summed E-state index contributed by atoms with van der Waals surface area (Å²) < 4.78 is 1.73. The Morgan fingerprint density at radius 1 is 1.15 bits per heavy atom. The van der Waals surface area contributed by atoms with E-state index < -0.39 is 0 Å². The molecule has 0 atom stereocenters. The van der Waals surface area contributed by atoms with Crippen LogP contribution in [0.3, 0.4) is 0 Å². The first-order valence-electron chi connectivity index (χ1n) is 7.15. The fourth-order valence-electron chi connectivity index (χ4n) is 2.85. The molecular formula is C14H20N6. The third-order valence-electron chi connectivity index (χ3n) is 4.05. The second kappa shape index (κ2) is 5.58. The van der Waals surface area contributed by atoms with Gasteiger partial charge in [0.15, 0.2) is 0 Å². The van der Waals surface area contributed by atoms with Gasteiger partial charge in [-0.1, -0.05) is 42.6 Å². The summed E-state index contributed by atoms with van der Waals surface area (Å²) in [4.78, 5) is 0. The number of rotatable bonds is 4. The Labute approximate surface area is 118 Å². The number of hydrogen-bond acceptors (Lipinski definition) is 5. The lowest BCUT2D eigenvalue weighted by Gasteiger charge is -2.37. The van der Waals surface area contributed by atoms with Crippen LogP contribution in [0, 0.1) is 0 Å². The quantitative estimate of drug-likeness (QED) is 0.886. The van der Waals surface area contributed by atoms with Crippen LogP contribution in [-0.4, -0.2) is 32.3 Å². The number of para-hydroxylation sites is 1. The first-order chi connectivity index (χ1) is 9.83. The van der Waals surface area contributed by atoms with Gasteiger partial charge in [-0.3, -0.25) is 0 Å². The summed E-state index contributed by atoms with van der Waals surface area (Å²) in [5.41, 5.74) is 6.88. The van der Waals surface area contributed by atoms with Crippen LogP contribution in [0.2, 0.25) is 0 Å². The van der Waals surface area contributed by atoms with Gasteiger partial charge in [0.05, 0.1) is 11.2 Å². The molecular weight excluding hydrogens is 252 g/mol. The molecule has 0 aliphatic heterocycles. The van der Waals surface area contributed by atoms with E-state index in [-0.39, 0.29) is 5.54 Å². The van der Waals surface area contributed by atoms with E-state index in [9.17, 15) is 0 Å². The van der Waals surface area contributed by atoms with Crippen molar-refractivity contribution in [1.29, 1.82) is 0 Å². The summed E-state index contributed by atoms with van der Waals surface area (Å²) in [5.74, 6) is 0.670. The molecule has 0 radical (unpaired) electrons. The number of anilines is 1. The van der Waals surface area contributed by atoms with Gasteiger partial charge < -0.3 is 11.1 Å². The number of benzene rings is 1. The Morgan fingerprint density at radius 2 is 1.90 bits per heavy atom. The van der Waals surface area contributed by atoms with E-state index in [2.05, 4.69) is 20.8 Å². The van der Waals surface area contributed by atoms with Crippen molar-refractivity contribution in [3.63, 3.8) is 0 Å². The molecule has 1 heterocycles. The summed E-state index contributed by atoms with van der Waals surface area (Å²) in [7, 11) is 0. The molecule has 0 bridgehead atoms. The molecule has 2 aromatic rings. The van der Waals surface area contributed by atoms with E-state index in [0.29, 0.717) is 12.5 Å². The average molecular weight is 272 g/mol. The number of aromatic nitrogens is 4. The van der Waals surface area contributed by atoms with Gasteiger partial charge in [-0.05, 0) is 35.4 Å². The minimum atomic E-state index is -0.0699. The van der Waals surface area contributed by atoms with Crippen molar-refractivity contribution in [2.75, 3.05) is 11.9 Å². The second-order valence-electron chi connectivity index (χ2n) is 5.42. The molecule has 3 rings (SSSR count). The van der Waals surface area contributed by atoms with E-state index >= 15 is 0 Å². The Hall–Kier alpha value is -1.95. The van der Waals surface area contributed by atoms with Gasteiger partial charge in [0.25, 0.3) is 0 Å². The lowest BCUT2D eigenvalue weighted by Crippen LogP contribution is -2.47. The number of tetrazole rings is 1. The van der Waals surface area contributed by atoms with Gasteiger partial charge in [-0.15, -0.1) is 0 Å². The van der Waals surface area contributed by atoms with Gasteiger partial charge >= 0.3 is 0 Å². The van der Waals surface area contributed by atoms with E-state index in [0.717, 1.165) is 18.5 Å². The van der Waals surface area contributed by atoms with Gasteiger partial charge in [-0.25, -0.2) is 0 Å². The van der Waals surface area contributed by atoms with Crippen molar-refractivity contribution in [3.8, 4) is 5.69 Å². The molecule has 0 unspecified atom stereocenters. The Morgan fingerprint density at radius 3 is 2.60 bits per heavy atom. The SMILES string of the molecule is NCC1(Nc2nnnn2-c2ccccc2)CCCCC1. The Bertz CT molecular complexity index is 544. The van der Waals surface area contributed by atoms with E-state index in [1.54, 1.807) is 4.68 Å². The Balaban J connectivity index is 1.86. The van der Waals surface area contributed by atoms with Gasteiger partial charge in [-0.2, -0.15) is 4.68 Å². The molecule has 0 spiro atoms. The highest BCUT2D eigenvalue weighted by molar-refractivity contribution is 5.40. The molecule has 0 saturated heterocycles. The maximum Gasteiger partial charge on any atom is 0.248 e. The van der Waals surface area contributed by atoms with Gasteiger partial charge in [0.1, 0.15) is 0 Å². The summed E-state index contributed by atoms with van der Waals surface area (Å²) in [6, 6.07) is 9.89. The first-order valence-corrected chi connectivity index (χ1v) is 7.15. The third-order valence-corrected chi connectivity index (χ3v) is 4.05. The molecule has 3 N–H and O–H groups in total. The van der Waals surface area contributed by atoms with Crippen LogP contribution in [0.4, 0.5) is 5.95 Å². The predicted molar refractivity (Wildman–Crippen MR) is 77.6 cm³/mol. The van der Waals surface area contributed by atoms with Crippen molar-refractivity contribution >= 4 is 5.95 Å². The molecule has 1 aliphatic rings. The predicted octanol–water partition coefficient (Wildman–Crippen LogP) is 1.74.